The summed E-state index contributed by atoms with van der Waals surface area (Å²) in [5.74, 6) is 0.912. The Bertz CT molecular complexity index is 1230. The molecule has 0 bridgehead atoms. The van der Waals surface area contributed by atoms with Crippen molar-refractivity contribution in [3.05, 3.63) is 76.5 Å². The summed E-state index contributed by atoms with van der Waals surface area (Å²) in [6, 6.07) is 20.6. The van der Waals surface area contributed by atoms with Crippen LogP contribution < -0.4 is 20.7 Å². The van der Waals surface area contributed by atoms with E-state index in [1.54, 1.807) is 20.8 Å². The number of amides is 2. The molecule has 1 aliphatic heterocycles. The number of carbonyl (C=O) groups excluding carboxylic acids is 2. The molecule has 1 aliphatic rings. The number of nitrogens with zero attached hydrogens (tertiary/aromatic N) is 2. The summed E-state index contributed by atoms with van der Waals surface area (Å²) in [6.45, 7) is 11.3. The zero-order valence-corrected chi connectivity index (χ0v) is 24.8. The van der Waals surface area contributed by atoms with Crippen LogP contribution >= 0.6 is 11.3 Å². The van der Waals surface area contributed by atoms with Crippen LogP contribution in [0.5, 0.6) is 11.5 Å². The highest BCUT2D eigenvalue weighted by molar-refractivity contribution is 7.09. The number of para-hydroxylation sites is 1. The number of nitrogens with two attached hydrogens (primary N) is 1. The third kappa shape index (κ3) is 11.0. The van der Waals surface area contributed by atoms with E-state index in [2.05, 4.69) is 16.3 Å². The first-order valence-corrected chi connectivity index (χ1v) is 14.4. The summed E-state index contributed by atoms with van der Waals surface area (Å²) in [6.07, 6.45) is 2.15. The summed E-state index contributed by atoms with van der Waals surface area (Å²) in [5, 5.41) is 13.7. The number of nitriles is 1. The predicted molar refractivity (Wildman–Crippen MR) is 161 cm³/mol. The standard InChI is InChI=1S/C17H16N2O.C12H18N2O3S.C2H6/c18-13-14-12-16(20-15-6-2-1-3-7-15)8-9-17(14)19-10-4-5-11-19;1-12(2,3)17-11(16)14-9(10(13)15)7-8-5-4-6-18-8;1-2/h1-3,6-9,12H,4-5,10-11H2;4-6,9H,7H2,1-3H3,(H2,13,15)(H,14,16);1-2H3/t;9-;/m.0./s1. The lowest BCUT2D eigenvalue weighted by Gasteiger charge is -2.22. The van der Waals surface area contributed by atoms with E-state index in [-0.39, 0.29) is 0 Å². The summed E-state index contributed by atoms with van der Waals surface area (Å²) >= 11 is 1.51. The molecule has 0 aliphatic carbocycles. The lowest BCUT2D eigenvalue weighted by Crippen LogP contribution is -2.47. The number of alkyl carbamates (subject to hydrolysis) is 1. The molecule has 0 radical (unpaired) electrons. The average molecular weight is 565 g/mol. The maximum absolute atomic E-state index is 11.6. The highest BCUT2D eigenvalue weighted by atomic mass is 32.1. The molecule has 2 amide bonds. The van der Waals surface area contributed by atoms with Crippen LogP contribution in [0.3, 0.4) is 0 Å². The Balaban J connectivity index is 0.000000266. The number of rotatable bonds is 7. The van der Waals surface area contributed by atoms with Crippen molar-refractivity contribution in [2.75, 3.05) is 18.0 Å². The fourth-order valence-corrected chi connectivity index (χ4v) is 4.58. The van der Waals surface area contributed by atoms with Crippen LogP contribution in [0.2, 0.25) is 0 Å². The molecule has 2 heterocycles. The van der Waals surface area contributed by atoms with Crippen LogP contribution in [0.1, 0.15) is 57.9 Å². The fourth-order valence-electron chi connectivity index (χ4n) is 3.83. The van der Waals surface area contributed by atoms with Gasteiger partial charge in [0.1, 0.15) is 29.2 Å². The monoisotopic (exact) mass is 564 g/mol. The highest BCUT2D eigenvalue weighted by Crippen LogP contribution is 2.30. The molecule has 0 saturated carbocycles. The van der Waals surface area contributed by atoms with Gasteiger partial charge in [0.05, 0.1) is 11.3 Å². The van der Waals surface area contributed by atoms with Crippen LogP contribution in [-0.4, -0.2) is 36.7 Å². The number of nitrogens with one attached hydrogen (secondary N) is 1. The van der Waals surface area contributed by atoms with Crippen LogP contribution in [0.15, 0.2) is 66.0 Å². The molecular formula is C31H40N4O4S. The molecule has 1 atom stereocenters. The van der Waals surface area contributed by atoms with Gasteiger partial charge >= 0.3 is 6.09 Å². The molecular weight excluding hydrogens is 524 g/mol. The van der Waals surface area contributed by atoms with Gasteiger partial charge in [-0.05, 0) is 69.3 Å². The molecule has 0 unspecified atom stereocenters. The number of carbonyl (C=O) groups is 2. The van der Waals surface area contributed by atoms with Gasteiger partial charge in [0.15, 0.2) is 0 Å². The summed E-state index contributed by atoms with van der Waals surface area (Å²) < 4.78 is 10.9. The summed E-state index contributed by atoms with van der Waals surface area (Å²) in [4.78, 5) is 26.1. The van der Waals surface area contributed by atoms with Crippen molar-refractivity contribution in [2.24, 2.45) is 5.73 Å². The first-order valence-electron chi connectivity index (χ1n) is 13.5. The molecule has 1 aromatic heterocycles. The van der Waals surface area contributed by atoms with Gasteiger partial charge in [-0.3, -0.25) is 4.79 Å². The smallest absolute Gasteiger partial charge is 0.408 e. The van der Waals surface area contributed by atoms with Gasteiger partial charge in [0.2, 0.25) is 5.91 Å². The number of primary amides is 1. The minimum Gasteiger partial charge on any atom is -0.457 e. The Morgan fingerprint density at radius 2 is 1.73 bits per heavy atom. The second kappa shape index (κ2) is 16.2. The molecule has 0 spiro atoms. The van der Waals surface area contributed by atoms with E-state index in [0.29, 0.717) is 17.7 Å². The largest absolute Gasteiger partial charge is 0.457 e. The maximum Gasteiger partial charge on any atom is 0.408 e. The first-order chi connectivity index (χ1) is 19.1. The van der Waals surface area contributed by atoms with Crippen LogP contribution in [0.25, 0.3) is 0 Å². The highest BCUT2D eigenvalue weighted by Gasteiger charge is 2.23. The Hall–Kier alpha value is -4.03. The van der Waals surface area contributed by atoms with Crippen molar-refractivity contribution in [1.82, 2.24) is 5.32 Å². The van der Waals surface area contributed by atoms with Crippen molar-refractivity contribution >= 4 is 29.0 Å². The van der Waals surface area contributed by atoms with Crippen LogP contribution in [-0.2, 0) is 16.0 Å². The molecule has 3 aromatic rings. The van der Waals surface area contributed by atoms with Gasteiger partial charge in [0, 0.05) is 30.5 Å². The van der Waals surface area contributed by atoms with E-state index in [1.165, 1.54) is 24.2 Å². The van der Waals surface area contributed by atoms with E-state index in [0.717, 1.165) is 29.4 Å². The van der Waals surface area contributed by atoms with Gasteiger partial charge in [-0.2, -0.15) is 5.26 Å². The minimum absolute atomic E-state index is 0.381. The van der Waals surface area contributed by atoms with E-state index < -0.39 is 23.6 Å². The quantitative estimate of drug-likeness (QED) is 0.332. The number of hydrogen-bond acceptors (Lipinski definition) is 7. The lowest BCUT2D eigenvalue weighted by molar-refractivity contribution is -0.120. The van der Waals surface area contributed by atoms with E-state index in [1.807, 2.05) is 79.9 Å². The molecule has 40 heavy (non-hydrogen) atoms. The molecule has 1 fully saturated rings. The van der Waals surface area contributed by atoms with Crippen LogP contribution in [0.4, 0.5) is 10.5 Å². The van der Waals surface area contributed by atoms with Gasteiger partial charge in [-0.1, -0.05) is 38.1 Å². The lowest BCUT2D eigenvalue weighted by atomic mass is 10.1. The Kier molecular flexibility index (Phi) is 13.0. The normalized spacial score (nSPS) is 12.9. The van der Waals surface area contributed by atoms with Crippen molar-refractivity contribution < 1.29 is 19.1 Å². The minimum atomic E-state index is -0.751. The van der Waals surface area contributed by atoms with E-state index in [4.69, 9.17) is 15.2 Å². The summed E-state index contributed by atoms with van der Waals surface area (Å²) in [7, 11) is 0. The first kappa shape index (κ1) is 32.2. The number of anilines is 1. The number of benzene rings is 2. The molecule has 2 aromatic carbocycles. The van der Waals surface area contributed by atoms with Crippen molar-refractivity contribution in [2.45, 2.75) is 65.5 Å². The third-order valence-corrected chi connectivity index (χ3v) is 6.43. The average Bonchev–Trinajstić information content (AvgIpc) is 3.64. The SMILES string of the molecule is CC.CC(C)(C)OC(=O)N[C@@H](Cc1cccs1)C(N)=O.N#Cc1cc(Oc2ccccc2)ccc1N1CCCC1. The number of hydrogen-bond donors (Lipinski definition) is 2. The topological polar surface area (TPSA) is 118 Å². The van der Waals surface area contributed by atoms with Gasteiger partial charge < -0.3 is 25.4 Å². The molecule has 8 nitrogen and oxygen atoms in total. The molecule has 3 N–H and O–H groups in total. The predicted octanol–water partition coefficient (Wildman–Crippen LogP) is 6.65. The molecule has 4 rings (SSSR count). The van der Waals surface area contributed by atoms with Crippen molar-refractivity contribution in [3.63, 3.8) is 0 Å². The van der Waals surface area contributed by atoms with Crippen LogP contribution in [0, 0.1) is 11.3 Å². The summed E-state index contributed by atoms with van der Waals surface area (Å²) in [5.41, 5.74) is 6.36. The second-order valence-corrected chi connectivity index (χ2v) is 10.8. The molecule has 9 heteroatoms. The van der Waals surface area contributed by atoms with E-state index >= 15 is 0 Å². The zero-order valence-electron chi connectivity index (χ0n) is 24.0. The Labute approximate surface area is 241 Å². The van der Waals surface area contributed by atoms with Gasteiger partial charge in [-0.15, -0.1) is 11.3 Å². The molecule has 1 saturated heterocycles. The van der Waals surface area contributed by atoms with Gasteiger partial charge in [0.25, 0.3) is 0 Å². The number of ether oxygens (including phenoxy) is 2. The Morgan fingerprint density at radius 1 is 1.05 bits per heavy atom. The van der Waals surface area contributed by atoms with Gasteiger partial charge in [-0.25, -0.2) is 4.79 Å². The Morgan fingerprint density at radius 3 is 2.27 bits per heavy atom. The van der Waals surface area contributed by atoms with Crippen molar-refractivity contribution in [3.8, 4) is 17.6 Å². The zero-order chi connectivity index (χ0) is 29.5. The molecule has 214 valence electrons. The fraction of sp³-hybridized carbons (Fsp3) is 0.387. The maximum atomic E-state index is 11.6. The third-order valence-electron chi connectivity index (χ3n) is 5.53. The van der Waals surface area contributed by atoms with Crippen molar-refractivity contribution in [1.29, 1.82) is 5.26 Å². The number of thiophene rings is 1. The second-order valence-electron chi connectivity index (χ2n) is 9.78. The van der Waals surface area contributed by atoms with E-state index in [9.17, 15) is 14.9 Å².